The van der Waals surface area contributed by atoms with E-state index in [2.05, 4.69) is 31.4 Å². The molecule has 2 heterocycles. The molecule has 298 valence electrons. The van der Waals surface area contributed by atoms with Crippen molar-refractivity contribution in [2.24, 2.45) is 58.0 Å². The van der Waals surface area contributed by atoms with Crippen molar-refractivity contribution in [3.05, 3.63) is 35.6 Å². The number of nitrogens with one attached hydrogen (secondary N) is 2. The van der Waals surface area contributed by atoms with E-state index < -0.39 is 58.3 Å². The van der Waals surface area contributed by atoms with Crippen LogP contribution in [0.1, 0.15) is 111 Å². The van der Waals surface area contributed by atoms with Crippen molar-refractivity contribution in [2.75, 3.05) is 13.6 Å². The third-order valence-corrected chi connectivity index (χ3v) is 16.4. The maximum absolute atomic E-state index is 14.4. The largest absolute Gasteiger partial charge is 0.390 e. The van der Waals surface area contributed by atoms with Gasteiger partial charge in [-0.2, -0.15) is 0 Å². The molecule has 0 spiro atoms. The van der Waals surface area contributed by atoms with Crippen LogP contribution in [-0.2, 0) is 9.53 Å². The molecule has 9 N–H and O–H groups in total. The fourth-order valence-electron chi connectivity index (χ4n) is 13.7. The monoisotopic (exact) mass is 740 g/mol. The molecule has 10 nitrogen and oxygen atoms in total. The highest BCUT2D eigenvalue weighted by Gasteiger charge is 2.72. The summed E-state index contributed by atoms with van der Waals surface area (Å²) in [5, 5.41) is 66.9. The fourth-order valence-corrected chi connectivity index (χ4v) is 13.7. The lowest BCUT2D eigenvalue weighted by Gasteiger charge is -2.64. The van der Waals surface area contributed by atoms with Crippen LogP contribution in [0.5, 0.6) is 0 Å². The second kappa shape index (κ2) is 14.7. The van der Waals surface area contributed by atoms with Crippen LogP contribution in [0, 0.1) is 52.3 Å². The van der Waals surface area contributed by atoms with Crippen LogP contribution in [0.25, 0.3) is 0 Å². The van der Waals surface area contributed by atoms with Gasteiger partial charge < -0.3 is 46.6 Å². The first-order chi connectivity index (χ1) is 25.1. The number of allylic oxidation sites excluding steroid dienone is 3. The van der Waals surface area contributed by atoms with Gasteiger partial charge in [0, 0.05) is 17.5 Å². The number of ketones is 1. The zero-order chi connectivity index (χ0) is 38.1. The van der Waals surface area contributed by atoms with Crippen LogP contribution in [0.4, 0.5) is 0 Å². The Morgan fingerprint density at radius 3 is 2.60 bits per heavy atom. The summed E-state index contributed by atoms with van der Waals surface area (Å²) in [5.41, 5.74) is 3.30. The van der Waals surface area contributed by atoms with E-state index >= 15 is 0 Å². The lowest BCUT2D eigenvalue weighted by molar-refractivity contribution is -0.205. The zero-order valence-electron chi connectivity index (χ0n) is 32.8. The van der Waals surface area contributed by atoms with Crippen molar-refractivity contribution in [3.8, 4) is 0 Å². The van der Waals surface area contributed by atoms with Gasteiger partial charge in [0.05, 0.1) is 41.8 Å². The Kier molecular flexibility index (Phi) is 11.0. The van der Waals surface area contributed by atoms with Gasteiger partial charge in [-0.3, -0.25) is 4.79 Å². The molecule has 0 aromatic heterocycles. The number of carbonyl (C=O) groups is 1. The van der Waals surface area contributed by atoms with Crippen LogP contribution in [0.15, 0.2) is 35.6 Å². The summed E-state index contributed by atoms with van der Waals surface area (Å²) in [4.78, 5) is 14.4. The van der Waals surface area contributed by atoms with Crippen molar-refractivity contribution < 1.29 is 35.1 Å². The third-order valence-electron chi connectivity index (χ3n) is 16.4. The highest BCUT2D eigenvalue weighted by Crippen LogP contribution is 2.71. The molecule has 1 unspecified atom stereocenters. The molecule has 7 aliphatic rings. The number of nitrogens with two attached hydrogens (primary N) is 1. The average molecular weight is 740 g/mol. The summed E-state index contributed by atoms with van der Waals surface area (Å²) in [6.45, 7) is 8.88. The summed E-state index contributed by atoms with van der Waals surface area (Å²) in [7, 11) is 1.92. The molecular weight excluding hydrogens is 670 g/mol. The predicted octanol–water partition coefficient (Wildman–Crippen LogP) is 3.85. The van der Waals surface area contributed by atoms with Crippen LogP contribution >= 0.6 is 0 Å². The lowest BCUT2D eigenvalue weighted by Crippen LogP contribution is -2.66. The summed E-state index contributed by atoms with van der Waals surface area (Å²) < 4.78 is 6.72. The summed E-state index contributed by atoms with van der Waals surface area (Å²) in [6, 6.07) is 0. The first kappa shape index (κ1) is 39.6. The summed E-state index contributed by atoms with van der Waals surface area (Å²) in [5.74, 6) is -0.102. The van der Waals surface area contributed by atoms with Gasteiger partial charge in [-0.25, -0.2) is 0 Å². The molecule has 5 fully saturated rings. The quantitative estimate of drug-likeness (QED) is 0.164. The van der Waals surface area contributed by atoms with E-state index in [0.29, 0.717) is 50.1 Å². The van der Waals surface area contributed by atoms with E-state index in [0.717, 1.165) is 30.8 Å². The average Bonchev–Trinajstić information content (AvgIpc) is 3.49. The Morgan fingerprint density at radius 2 is 1.91 bits per heavy atom. The number of carbonyl (C=O) groups excluding carboxylic acids is 1. The van der Waals surface area contributed by atoms with Crippen LogP contribution in [0.3, 0.4) is 0 Å². The van der Waals surface area contributed by atoms with E-state index in [9.17, 15) is 30.3 Å². The minimum absolute atomic E-state index is 0.0325. The van der Waals surface area contributed by atoms with E-state index in [4.69, 9.17) is 10.5 Å². The Balaban J connectivity index is 1.21. The maximum atomic E-state index is 14.4. The second-order valence-corrected chi connectivity index (χ2v) is 19.1. The van der Waals surface area contributed by atoms with Gasteiger partial charge in [0.25, 0.3) is 0 Å². The highest BCUT2D eigenvalue weighted by molar-refractivity contribution is 5.95. The number of aliphatic hydroxyl groups excluding tert-OH is 3. The molecule has 4 saturated carbocycles. The van der Waals surface area contributed by atoms with Gasteiger partial charge >= 0.3 is 0 Å². The molecule has 5 aliphatic carbocycles. The SMILES string of the molecule is CCC[C@@H]1CC[C@H]2[C@H](C)[C@H]([C@@H](O)[C@](C)(O)[C@H]3CC[C@@]4(O)C5=CC(=O)[C@@H]6C[C@@H](O)[C@@H](O)C[C@]6(CCC6=CNC(N)C=C6)[C@H]5[C@H](CNC)C[C@]34C)O[C@@H]2CC1. The number of aliphatic hydroxyl groups is 5. The molecule has 53 heavy (non-hydrogen) atoms. The number of hydrogen-bond donors (Lipinski definition) is 8. The van der Waals surface area contributed by atoms with E-state index in [-0.39, 0.29) is 48.6 Å². The molecule has 17 atom stereocenters. The van der Waals surface area contributed by atoms with Crippen molar-refractivity contribution in [1.82, 2.24) is 10.6 Å². The van der Waals surface area contributed by atoms with E-state index in [1.54, 1.807) is 13.0 Å². The van der Waals surface area contributed by atoms with Crippen molar-refractivity contribution >= 4 is 5.78 Å². The van der Waals surface area contributed by atoms with Crippen LogP contribution in [0.2, 0.25) is 0 Å². The van der Waals surface area contributed by atoms with Crippen LogP contribution < -0.4 is 16.4 Å². The van der Waals surface area contributed by atoms with Gasteiger partial charge in [-0.05, 0) is 149 Å². The first-order valence-electron chi connectivity index (χ1n) is 21.0. The van der Waals surface area contributed by atoms with Gasteiger partial charge in [0.1, 0.15) is 6.10 Å². The second-order valence-electron chi connectivity index (χ2n) is 19.1. The minimum atomic E-state index is -1.55. The number of hydrogen-bond acceptors (Lipinski definition) is 10. The Labute approximate surface area is 317 Å². The minimum Gasteiger partial charge on any atom is -0.390 e. The Hall–Kier alpha value is -1.63. The topological polar surface area (TPSA) is 178 Å². The van der Waals surface area contributed by atoms with Gasteiger partial charge in [0.2, 0.25) is 0 Å². The molecular formula is C43H69N3O7. The summed E-state index contributed by atoms with van der Waals surface area (Å²) in [6.07, 6.45) is 13.8. The molecule has 2 aliphatic heterocycles. The fraction of sp³-hybridized carbons (Fsp3) is 0.837. The molecule has 10 heteroatoms. The lowest BCUT2D eigenvalue weighted by atomic mass is 9.41. The normalized spacial score (nSPS) is 48.2. The zero-order valence-corrected chi connectivity index (χ0v) is 32.8. The molecule has 0 amide bonds. The standard InChI is InChI=1S/C43H69N3O7/c1-6-7-25-8-11-28-24(2)38(53-34(28)12-9-25)39(50)41(4,51)35-15-17-43(52)30-19-31(47)29-18-32(48)33(49)21-42(29,16-14-26-10-13-36(44)46-22-26)37(30)27(23-45-5)20-40(35,43)3/h10,13,19,22,24-25,27-29,32-39,45-46,48-52H,6-9,11-12,14-18,20-21,23,44H2,1-5H3/t24-,25+,27-,28-,29-,32+,33-,34+,35-,36?,37-,38+,39+,40+,41+,42-,43+/m0/s1. The first-order valence-corrected chi connectivity index (χ1v) is 21.0. The number of dihydropyridines is 1. The van der Waals surface area contributed by atoms with E-state index in [1.165, 1.54) is 19.3 Å². The van der Waals surface area contributed by atoms with Gasteiger partial charge in [-0.15, -0.1) is 0 Å². The maximum Gasteiger partial charge on any atom is 0.159 e. The molecule has 0 bridgehead atoms. The molecule has 0 aromatic carbocycles. The predicted molar refractivity (Wildman–Crippen MR) is 204 cm³/mol. The number of rotatable bonds is 10. The van der Waals surface area contributed by atoms with Gasteiger partial charge in [-0.1, -0.05) is 46.1 Å². The Morgan fingerprint density at radius 1 is 1.15 bits per heavy atom. The van der Waals surface area contributed by atoms with E-state index in [1.807, 2.05) is 25.4 Å². The summed E-state index contributed by atoms with van der Waals surface area (Å²) >= 11 is 0. The van der Waals surface area contributed by atoms with Gasteiger partial charge in [0.15, 0.2) is 5.78 Å². The Bertz CT molecular complexity index is 1460. The van der Waals surface area contributed by atoms with Crippen molar-refractivity contribution in [1.29, 1.82) is 0 Å². The number of ether oxygens (including phenoxy) is 1. The van der Waals surface area contributed by atoms with Crippen molar-refractivity contribution in [2.45, 2.75) is 159 Å². The number of fused-ring (bicyclic) bond motifs is 6. The molecule has 1 saturated heterocycles. The van der Waals surface area contributed by atoms with Crippen molar-refractivity contribution in [3.63, 3.8) is 0 Å². The molecule has 0 aromatic rings. The smallest absolute Gasteiger partial charge is 0.159 e. The molecule has 7 rings (SSSR count). The third kappa shape index (κ3) is 6.43. The van der Waals surface area contributed by atoms with Crippen LogP contribution in [-0.4, -0.2) is 92.8 Å². The highest BCUT2D eigenvalue weighted by atomic mass is 16.5. The molecule has 0 radical (unpaired) electrons.